The zero-order chi connectivity index (χ0) is 19.1. The smallest absolute Gasteiger partial charge is 0.310 e. The van der Waals surface area contributed by atoms with E-state index < -0.39 is 0 Å². The van der Waals surface area contributed by atoms with Crippen LogP contribution in [0.3, 0.4) is 0 Å². The minimum atomic E-state index is -0.203. The quantitative estimate of drug-likeness (QED) is 0.672. The van der Waals surface area contributed by atoms with Crippen LogP contribution < -0.4 is 15.4 Å². The van der Waals surface area contributed by atoms with Crippen molar-refractivity contribution in [2.75, 3.05) is 0 Å². The molecule has 0 amide bonds. The summed E-state index contributed by atoms with van der Waals surface area (Å²) in [7, 11) is 1.55. The second kappa shape index (κ2) is 6.86. The lowest BCUT2D eigenvalue weighted by Gasteiger charge is -2.05. The van der Waals surface area contributed by atoms with Crippen molar-refractivity contribution in [1.29, 1.82) is 0 Å². The first-order valence-corrected chi connectivity index (χ1v) is 9.78. The van der Waals surface area contributed by atoms with Crippen LogP contribution in [0, 0.1) is 6.92 Å². The summed E-state index contributed by atoms with van der Waals surface area (Å²) >= 11 is 4.56. The van der Waals surface area contributed by atoms with Gasteiger partial charge in [0.25, 0.3) is 0 Å². The summed E-state index contributed by atoms with van der Waals surface area (Å²) in [4.78, 5) is 25.1. The highest BCUT2D eigenvalue weighted by atomic mass is 79.9. The number of nitrogens with zero attached hydrogens (tertiary/aromatic N) is 4. The van der Waals surface area contributed by atoms with Gasteiger partial charge in [-0.15, -0.1) is 0 Å². The Morgan fingerprint density at radius 3 is 2.70 bits per heavy atom. The van der Waals surface area contributed by atoms with Crippen molar-refractivity contribution >= 4 is 38.9 Å². The monoisotopic (exact) mass is 442 g/mol. The highest BCUT2D eigenvalue weighted by Crippen LogP contribution is 2.22. The van der Waals surface area contributed by atoms with Gasteiger partial charge in [-0.25, -0.2) is 9.97 Å². The van der Waals surface area contributed by atoms with Gasteiger partial charge in [0.15, 0.2) is 0 Å². The number of rotatable bonds is 3. The van der Waals surface area contributed by atoms with Crippen LogP contribution in [0.1, 0.15) is 21.8 Å². The Bertz CT molecular complexity index is 1260. The Hall–Kier alpha value is -2.58. The predicted octanol–water partition coefficient (Wildman–Crippen LogP) is 2.06. The molecule has 8 heteroatoms. The van der Waals surface area contributed by atoms with E-state index in [0.717, 1.165) is 48.9 Å². The molecule has 0 spiro atoms. The Morgan fingerprint density at radius 1 is 1.30 bits per heavy atom. The summed E-state index contributed by atoms with van der Waals surface area (Å²) in [6, 6.07) is 3.96. The average molecular weight is 443 g/mol. The Labute approximate surface area is 167 Å². The number of hydrogen-bond acceptors (Lipinski definition) is 6. The molecule has 0 unspecified atom stereocenters. The van der Waals surface area contributed by atoms with Crippen molar-refractivity contribution in [1.82, 2.24) is 14.5 Å². The number of allylic oxidation sites excluding steroid dienone is 1. The minimum Gasteiger partial charge on any atom is -0.493 e. The molecule has 0 atom stereocenters. The van der Waals surface area contributed by atoms with Gasteiger partial charge in [0.1, 0.15) is 5.82 Å². The van der Waals surface area contributed by atoms with Crippen molar-refractivity contribution in [2.24, 2.45) is 12.0 Å². The Morgan fingerprint density at radius 2 is 2.04 bits per heavy atom. The molecular weight excluding hydrogens is 428 g/mol. The van der Waals surface area contributed by atoms with Gasteiger partial charge in [0, 0.05) is 42.1 Å². The number of benzene rings is 1. The third kappa shape index (κ3) is 3.38. The number of aromatic hydroxyl groups is 1. The van der Waals surface area contributed by atoms with E-state index in [-0.39, 0.29) is 10.8 Å². The molecule has 6 nitrogen and oxygen atoms in total. The third-order valence-electron chi connectivity index (χ3n) is 4.35. The van der Waals surface area contributed by atoms with Gasteiger partial charge in [-0.3, -0.25) is 14.4 Å². The third-order valence-corrected chi connectivity index (χ3v) is 6.00. The first-order valence-electron chi connectivity index (χ1n) is 8.17. The van der Waals surface area contributed by atoms with Crippen LogP contribution in [0.2, 0.25) is 0 Å². The molecule has 3 aromatic rings. The number of thiazole rings is 1. The van der Waals surface area contributed by atoms with Crippen molar-refractivity contribution in [3.8, 4) is 5.88 Å². The molecule has 0 radical (unpaired) electrons. The molecule has 0 saturated heterocycles. The average Bonchev–Trinajstić information content (AvgIpc) is 3.13. The number of hydrogen-bond donors (Lipinski definition) is 1. The molecule has 1 aliphatic rings. The van der Waals surface area contributed by atoms with E-state index in [4.69, 9.17) is 0 Å². The molecule has 1 N–H and O–H groups in total. The molecule has 4 rings (SSSR count). The largest absolute Gasteiger partial charge is 0.493 e. The molecule has 1 aromatic carbocycles. The highest BCUT2D eigenvalue weighted by Gasteiger charge is 2.14. The fourth-order valence-electron chi connectivity index (χ4n) is 2.84. The summed E-state index contributed by atoms with van der Waals surface area (Å²) in [6.07, 6.45) is 8.00. The van der Waals surface area contributed by atoms with Gasteiger partial charge in [0.05, 0.1) is 10.2 Å². The second-order valence-electron chi connectivity index (χ2n) is 6.25. The summed E-state index contributed by atoms with van der Waals surface area (Å²) in [6.45, 7) is 1.86. The lowest BCUT2D eigenvalue weighted by molar-refractivity contribution is 0.428. The Kier molecular flexibility index (Phi) is 4.53. The zero-order valence-corrected chi connectivity index (χ0v) is 17.0. The van der Waals surface area contributed by atoms with Gasteiger partial charge in [-0.05, 0) is 41.5 Å². The van der Waals surface area contributed by atoms with Gasteiger partial charge in [0.2, 0.25) is 5.88 Å². The Balaban J connectivity index is 1.75. The normalized spacial score (nSPS) is 13.4. The lowest BCUT2D eigenvalue weighted by atomic mass is 10.0. The van der Waals surface area contributed by atoms with Crippen LogP contribution in [-0.4, -0.2) is 19.6 Å². The summed E-state index contributed by atoms with van der Waals surface area (Å²) in [5.41, 5.74) is 3.11. The summed E-state index contributed by atoms with van der Waals surface area (Å²) in [5.74, 6) is 0.710. The van der Waals surface area contributed by atoms with Crippen LogP contribution in [-0.2, 0) is 13.5 Å². The van der Waals surface area contributed by atoms with Crippen molar-refractivity contribution in [3.63, 3.8) is 0 Å². The van der Waals surface area contributed by atoms with E-state index in [0.29, 0.717) is 11.3 Å². The summed E-state index contributed by atoms with van der Waals surface area (Å²) < 4.78 is 2.08. The maximum atomic E-state index is 11.8. The fourth-order valence-corrected chi connectivity index (χ4v) is 4.11. The fraction of sp³-hybridized carbons (Fsp3) is 0.158. The molecule has 136 valence electrons. The van der Waals surface area contributed by atoms with E-state index in [1.54, 1.807) is 13.1 Å². The molecule has 3 heterocycles. The maximum Gasteiger partial charge on any atom is 0.310 e. The molecule has 0 fully saturated rings. The predicted molar refractivity (Wildman–Crippen MR) is 108 cm³/mol. The molecule has 0 saturated carbocycles. The highest BCUT2D eigenvalue weighted by molar-refractivity contribution is 9.10. The SMILES string of the molecule is Cc1ncc(CC2=CN=c3cc(Br)c(=Cc4sc(=O)n(C)c4O)cc32)cn1. The van der Waals surface area contributed by atoms with E-state index in [9.17, 15) is 9.90 Å². The van der Waals surface area contributed by atoms with Crippen molar-refractivity contribution < 1.29 is 5.11 Å². The zero-order valence-electron chi connectivity index (χ0n) is 14.6. The second-order valence-corrected chi connectivity index (χ2v) is 8.10. The van der Waals surface area contributed by atoms with E-state index in [1.165, 1.54) is 4.57 Å². The van der Waals surface area contributed by atoms with Gasteiger partial charge < -0.3 is 5.11 Å². The lowest BCUT2D eigenvalue weighted by Crippen LogP contribution is -2.14. The van der Waals surface area contributed by atoms with Crippen molar-refractivity contribution in [2.45, 2.75) is 13.3 Å². The van der Waals surface area contributed by atoms with Gasteiger partial charge in [-0.1, -0.05) is 27.3 Å². The first-order chi connectivity index (χ1) is 12.9. The minimum absolute atomic E-state index is 0.0327. The molecule has 0 bridgehead atoms. The topological polar surface area (TPSA) is 80.4 Å². The van der Waals surface area contributed by atoms with Crippen LogP contribution >= 0.6 is 27.3 Å². The summed E-state index contributed by atoms with van der Waals surface area (Å²) in [5, 5.41) is 11.9. The number of fused-ring (bicyclic) bond motifs is 1. The maximum absolute atomic E-state index is 11.8. The molecular formula is C19H15BrN4O2S. The number of aryl methyl sites for hydroxylation is 1. The molecule has 1 aliphatic heterocycles. The van der Waals surface area contributed by atoms with E-state index >= 15 is 0 Å². The van der Waals surface area contributed by atoms with Crippen LogP contribution in [0.25, 0.3) is 11.6 Å². The van der Waals surface area contributed by atoms with Crippen LogP contribution in [0.4, 0.5) is 0 Å². The standard InChI is InChI=1S/C19H15BrN4O2S/c1-10-21-7-11(8-22-10)3-13-9-23-16-6-15(20)12(4-14(13)16)5-17-18(25)24(2)19(26)27-17/h4-9,25H,3H2,1-2H3. The first kappa shape index (κ1) is 17.8. The van der Waals surface area contributed by atoms with E-state index in [1.807, 2.05) is 37.7 Å². The molecule has 0 aliphatic carbocycles. The van der Waals surface area contributed by atoms with Gasteiger partial charge in [-0.2, -0.15) is 0 Å². The van der Waals surface area contributed by atoms with Crippen LogP contribution in [0.5, 0.6) is 5.88 Å². The van der Waals surface area contributed by atoms with Crippen molar-refractivity contribution in [3.05, 3.63) is 77.3 Å². The van der Waals surface area contributed by atoms with Crippen LogP contribution in [0.15, 0.2) is 45.0 Å². The van der Waals surface area contributed by atoms with E-state index in [2.05, 4.69) is 30.9 Å². The molecule has 27 heavy (non-hydrogen) atoms. The van der Waals surface area contributed by atoms with Gasteiger partial charge >= 0.3 is 4.87 Å². The molecule has 2 aromatic heterocycles. The number of halogens is 1. The number of aromatic nitrogens is 3.